The van der Waals surface area contributed by atoms with E-state index >= 15 is 0 Å². The van der Waals surface area contributed by atoms with E-state index in [2.05, 4.69) is 0 Å². The number of aliphatic hydroxyl groups excluding tert-OH is 2. The Kier molecular flexibility index (Phi) is 4.06. The summed E-state index contributed by atoms with van der Waals surface area (Å²) in [5, 5.41) is 20.6. The van der Waals surface area contributed by atoms with Crippen molar-refractivity contribution in [2.75, 3.05) is 0 Å². The molecule has 0 bridgehead atoms. The summed E-state index contributed by atoms with van der Waals surface area (Å²) < 4.78 is 14.0. The second-order valence-corrected chi connectivity index (χ2v) is 6.90. The minimum atomic E-state index is -0.953. The van der Waals surface area contributed by atoms with Crippen LogP contribution in [0.2, 0.25) is 0 Å². The molecular formula is C20H20FNO3. The predicted octanol–water partition coefficient (Wildman–Crippen LogP) is 2.12. The molecule has 4 nitrogen and oxygen atoms in total. The number of nitrogens with zero attached hydrogens (tertiary/aromatic N) is 1. The first-order chi connectivity index (χ1) is 12.0. The molecule has 1 heterocycles. The largest absolute Gasteiger partial charge is 0.390 e. The lowest BCUT2D eigenvalue weighted by molar-refractivity contribution is -0.133. The lowest BCUT2D eigenvalue weighted by Crippen LogP contribution is -2.39. The first-order valence-electron chi connectivity index (χ1n) is 8.52. The number of benzene rings is 2. The molecule has 1 aliphatic heterocycles. The van der Waals surface area contributed by atoms with E-state index in [-0.39, 0.29) is 24.7 Å². The number of carbonyl (C=O) groups excluding carboxylic acids is 1. The van der Waals surface area contributed by atoms with Crippen molar-refractivity contribution in [3.05, 3.63) is 70.5 Å². The van der Waals surface area contributed by atoms with Crippen molar-refractivity contribution >= 4 is 5.91 Å². The molecule has 2 aromatic carbocycles. The van der Waals surface area contributed by atoms with E-state index in [1.54, 1.807) is 23.1 Å². The molecule has 3 atom stereocenters. The fraction of sp³-hybridized carbons (Fsp3) is 0.350. The van der Waals surface area contributed by atoms with Crippen molar-refractivity contribution in [3.8, 4) is 0 Å². The van der Waals surface area contributed by atoms with Crippen molar-refractivity contribution in [2.24, 2.45) is 0 Å². The molecule has 0 fully saturated rings. The third kappa shape index (κ3) is 2.83. The van der Waals surface area contributed by atoms with Gasteiger partial charge in [0.25, 0.3) is 0 Å². The Morgan fingerprint density at radius 2 is 1.80 bits per heavy atom. The van der Waals surface area contributed by atoms with Crippen LogP contribution in [0.3, 0.4) is 0 Å². The standard InChI is InChI=1S/C20H20FNO3/c21-16-7-2-1-4-13(16)10-22-11-14-6-3-5-12-8-17(23)20(25)15(19(12)14)9-18(22)24/h1-7,15,17,20,23,25H,8-11H2/t15-,17-,20+/m1/s1. The summed E-state index contributed by atoms with van der Waals surface area (Å²) in [6.07, 6.45) is -1.30. The third-order valence-electron chi connectivity index (χ3n) is 5.32. The van der Waals surface area contributed by atoms with Gasteiger partial charge in [-0.2, -0.15) is 0 Å². The van der Waals surface area contributed by atoms with Gasteiger partial charge in [-0.1, -0.05) is 36.4 Å². The number of aliphatic hydroxyl groups is 2. The maximum absolute atomic E-state index is 14.0. The van der Waals surface area contributed by atoms with E-state index < -0.39 is 18.1 Å². The Hall–Kier alpha value is -2.24. The number of halogens is 1. The highest BCUT2D eigenvalue weighted by atomic mass is 19.1. The number of rotatable bonds is 2. The maximum atomic E-state index is 14.0. The van der Waals surface area contributed by atoms with E-state index in [1.165, 1.54) is 6.07 Å². The highest BCUT2D eigenvalue weighted by Gasteiger charge is 2.40. The molecule has 2 aliphatic rings. The van der Waals surface area contributed by atoms with Crippen LogP contribution in [0.5, 0.6) is 0 Å². The summed E-state index contributed by atoms with van der Waals surface area (Å²) in [4.78, 5) is 14.4. The summed E-state index contributed by atoms with van der Waals surface area (Å²) in [6.45, 7) is 0.580. The lowest BCUT2D eigenvalue weighted by Gasteiger charge is -2.33. The molecule has 0 radical (unpaired) electrons. The van der Waals surface area contributed by atoms with Gasteiger partial charge >= 0.3 is 0 Å². The zero-order valence-electron chi connectivity index (χ0n) is 13.7. The molecule has 5 heteroatoms. The average Bonchev–Trinajstić information content (AvgIpc) is 2.73. The van der Waals surface area contributed by atoms with Gasteiger partial charge in [-0.25, -0.2) is 4.39 Å². The molecule has 2 aromatic rings. The second-order valence-electron chi connectivity index (χ2n) is 6.90. The highest BCUT2D eigenvalue weighted by Crippen LogP contribution is 2.40. The van der Waals surface area contributed by atoms with Crippen molar-refractivity contribution in [1.82, 2.24) is 4.90 Å². The topological polar surface area (TPSA) is 60.8 Å². The van der Waals surface area contributed by atoms with Gasteiger partial charge in [0, 0.05) is 37.4 Å². The molecule has 4 rings (SSSR count). The van der Waals surface area contributed by atoms with Crippen LogP contribution in [0.4, 0.5) is 4.39 Å². The maximum Gasteiger partial charge on any atom is 0.223 e. The van der Waals surface area contributed by atoms with E-state index in [4.69, 9.17) is 0 Å². The van der Waals surface area contributed by atoms with Crippen LogP contribution in [0, 0.1) is 5.82 Å². The van der Waals surface area contributed by atoms with Crippen molar-refractivity contribution < 1.29 is 19.4 Å². The van der Waals surface area contributed by atoms with Crippen LogP contribution in [0.1, 0.15) is 34.6 Å². The summed E-state index contributed by atoms with van der Waals surface area (Å²) in [5.74, 6) is -0.874. The smallest absolute Gasteiger partial charge is 0.223 e. The molecule has 1 aliphatic carbocycles. The number of hydrogen-bond acceptors (Lipinski definition) is 3. The fourth-order valence-electron chi connectivity index (χ4n) is 4.05. The number of carbonyl (C=O) groups is 1. The van der Waals surface area contributed by atoms with E-state index in [1.807, 2.05) is 18.2 Å². The zero-order chi connectivity index (χ0) is 17.6. The second kappa shape index (κ2) is 6.24. The van der Waals surface area contributed by atoms with E-state index in [9.17, 15) is 19.4 Å². The minimum Gasteiger partial charge on any atom is -0.390 e. The molecule has 0 aromatic heterocycles. The summed E-state index contributed by atoms with van der Waals surface area (Å²) in [5.41, 5.74) is 3.41. The van der Waals surface area contributed by atoms with Crippen LogP contribution in [0.25, 0.3) is 0 Å². The highest BCUT2D eigenvalue weighted by molar-refractivity contribution is 5.78. The summed E-state index contributed by atoms with van der Waals surface area (Å²) >= 11 is 0. The van der Waals surface area contributed by atoms with Crippen LogP contribution < -0.4 is 0 Å². The van der Waals surface area contributed by atoms with Gasteiger partial charge in [-0.05, 0) is 22.8 Å². The van der Waals surface area contributed by atoms with Gasteiger partial charge < -0.3 is 15.1 Å². The lowest BCUT2D eigenvalue weighted by atomic mass is 9.76. The third-order valence-corrected chi connectivity index (χ3v) is 5.32. The van der Waals surface area contributed by atoms with Gasteiger partial charge in [0.15, 0.2) is 0 Å². The molecule has 1 amide bonds. The molecule has 2 N–H and O–H groups in total. The average molecular weight is 341 g/mol. The minimum absolute atomic E-state index is 0.122. The normalized spacial score (nSPS) is 25.5. The number of amides is 1. The van der Waals surface area contributed by atoms with Crippen molar-refractivity contribution in [3.63, 3.8) is 0 Å². The van der Waals surface area contributed by atoms with Crippen molar-refractivity contribution in [2.45, 2.75) is 44.1 Å². The van der Waals surface area contributed by atoms with Gasteiger partial charge in [-0.15, -0.1) is 0 Å². The first-order valence-corrected chi connectivity index (χ1v) is 8.52. The molecule has 0 saturated heterocycles. The van der Waals surface area contributed by atoms with E-state index in [0.29, 0.717) is 18.5 Å². The Bertz CT molecular complexity index is 822. The number of hydrogen-bond donors (Lipinski definition) is 2. The van der Waals surface area contributed by atoms with E-state index in [0.717, 1.165) is 16.7 Å². The van der Waals surface area contributed by atoms with Gasteiger partial charge in [-0.3, -0.25) is 4.79 Å². The zero-order valence-corrected chi connectivity index (χ0v) is 13.7. The molecule has 130 valence electrons. The molecule has 25 heavy (non-hydrogen) atoms. The SMILES string of the molecule is O=C1C[C@@H]2c3c(cccc3CN1Cc1ccccc1F)C[C@@H](O)[C@H]2O. The summed E-state index contributed by atoms with van der Waals surface area (Å²) in [6, 6.07) is 12.2. The quantitative estimate of drug-likeness (QED) is 0.880. The van der Waals surface area contributed by atoms with Crippen LogP contribution >= 0.6 is 0 Å². The van der Waals surface area contributed by atoms with Gasteiger partial charge in [0.05, 0.1) is 12.2 Å². The van der Waals surface area contributed by atoms with Gasteiger partial charge in [0.2, 0.25) is 5.91 Å². The Balaban J connectivity index is 1.71. The van der Waals surface area contributed by atoms with Crippen LogP contribution in [0.15, 0.2) is 42.5 Å². The Morgan fingerprint density at radius 3 is 2.60 bits per heavy atom. The summed E-state index contributed by atoms with van der Waals surface area (Å²) in [7, 11) is 0. The molecule has 0 unspecified atom stereocenters. The molecule has 0 spiro atoms. The van der Waals surface area contributed by atoms with Crippen LogP contribution in [-0.4, -0.2) is 33.2 Å². The van der Waals surface area contributed by atoms with Crippen LogP contribution in [-0.2, 0) is 24.3 Å². The molecule has 0 saturated carbocycles. The van der Waals surface area contributed by atoms with Gasteiger partial charge in [0.1, 0.15) is 5.82 Å². The van der Waals surface area contributed by atoms with Crippen molar-refractivity contribution in [1.29, 1.82) is 0 Å². The monoisotopic (exact) mass is 341 g/mol. The fourth-order valence-corrected chi connectivity index (χ4v) is 4.05. The Morgan fingerprint density at radius 1 is 1.04 bits per heavy atom. The first kappa shape index (κ1) is 16.2. The Labute approximate surface area is 145 Å². The predicted molar refractivity (Wildman–Crippen MR) is 90.2 cm³/mol. The molecular weight excluding hydrogens is 321 g/mol.